The zero-order chi connectivity index (χ0) is 15.9. The summed E-state index contributed by atoms with van der Waals surface area (Å²) in [4.78, 5) is 0. The lowest BCUT2D eigenvalue weighted by molar-refractivity contribution is -0.141. The minimum absolute atomic E-state index is 0.0242. The number of aromatic nitrogens is 2. The number of halogens is 3. The molecule has 1 aromatic heterocycles. The molecule has 2 N–H and O–H groups in total. The smallest absolute Gasteiger partial charge is 0.394 e. The van der Waals surface area contributed by atoms with Crippen molar-refractivity contribution in [2.45, 2.75) is 57.8 Å². The summed E-state index contributed by atoms with van der Waals surface area (Å²) in [6.45, 7) is 5.29. The van der Waals surface area contributed by atoms with Crippen LogP contribution in [0.5, 0.6) is 0 Å². The van der Waals surface area contributed by atoms with E-state index in [0.29, 0.717) is 19.4 Å². The first kappa shape index (κ1) is 18.0. The fourth-order valence-electron chi connectivity index (χ4n) is 2.24. The van der Waals surface area contributed by atoms with Crippen molar-refractivity contribution in [2.24, 2.45) is 0 Å². The maximum atomic E-state index is 12.4. The number of nitrogens with one attached hydrogen (secondary N) is 1. The quantitative estimate of drug-likeness (QED) is 0.737. The van der Waals surface area contributed by atoms with E-state index in [9.17, 15) is 18.3 Å². The molecule has 1 rings (SSSR count). The highest BCUT2D eigenvalue weighted by Crippen LogP contribution is 2.27. The lowest BCUT2D eigenvalue weighted by Gasteiger charge is -2.32. The third-order valence-corrected chi connectivity index (χ3v) is 3.70. The molecule has 0 fully saturated rings. The number of nitrogens with zero attached hydrogens (tertiary/aromatic N) is 2. The Hall–Kier alpha value is -1.08. The third-order valence-electron chi connectivity index (χ3n) is 3.70. The highest BCUT2D eigenvalue weighted by molar-refractivity contribution is 5.03. The second kappa shape index (κ2) is 7.79. The van der Waals surface area contributed by atoms with Gasteiger partial charge in [0.15, 0.2) is 5.69 Å². The molecule has 0 radical (unpaired) electrons. The average Bonchev–Trinajstić information content (AvgIpc) is 2.92. The van der Waals surface area contributed by atoms with Gasteiger partial charge >= 0.3 is 6.18 Å². The van der Waals surface area contributed by atoms with E-state index in [1.807, 2.05) is 13.8 Å². The molecule has 21 heavy (non-hydrogen) atoms. The van der Waals surface area contributed by atoms with Gasteiger partial charge in [-0.05, 0) is 38.3 Å². The lowest BCUT2D eigenvalue weighted by Crippen LogP contribution is -2.48. The first-order valence-electron chi connectivity index (χ1n) is 7.33. The van der Waals surface area contributed by atoms with E-state index in [1.54, 1.807) is 0 Å². The zero-order valence-electron chi connectivity index (χ0n) is 12.6. The summed E-state index contributed by atoms with van der Waals surface area (Å²) in [5.41, 5.74) is -1.22. The summed E-state index contributed by atoms with van der Waals surface area (Å²) in [6, 6.07) is 0.981. The van der Waals surface area contributed by atoms with Crippen LogP contribution in [0.4, 0.5) is 13.2 Å². The molecule has 7 heteroatoms. The van der Waals surface area contributed by atoms with Gasteiger partial charge in [0.25, 0.3) is 0 Å². The van der Waals surface area contributed by atoms with E-state index in [4.69, 9.17) is 0 Å². The summed E-state index contributed by atoms with van der Waals surface area (Å²) in [6.07, 6.45) is 0.0403. The van der Waals surface area contributed by atoms with Crippen LogP contribution in [0.25, 0.3) is 0 Å². The highest BCUT2D eigenvalue weighted by atomic mass is 19.4. The number of hydrogen-bond donors (Lipinski definition) is 2. The number of alkyl halides is 3. The van der Waals surface area contributed by atoms with Crippen molar-refractivity contribution in [3.8, 4) is 0 Å². The minimum Gasteiger partial charge on any atom is -0.394 e. The number of aliphatic hydroxyl groups is 1. The molecule has 0 aromatic carbocycles. The molecule has 0 aliphatic carbocycles. The van der Waals surface area contributed by atoms with Gasteiger partial charge in [0.1, 0.15) is 0 Å². The number of hydrogen-bond acceptors (Lipinski definition) is 3. The summed E-state index contributed by atoms with van der Waals surface area (Å²) >= 11 is 0. The predicted octanol–water partition coefficient (Wildman–Crippen LogP) is 2.82. The van der Waals surface area contributed by atoms with Crippen LogP contribution in [-0.4, -0.2) is 33.6 Å². The van der Waals surface area contributed by atoms with Gasteiger partial charge in [0.2, 0.25) is 0 Å². The first-order chi connectivity index (χ1) is 9.87. The Kier molecular flexibility index (Phi) is 6.67. The molecule has 1 aromatic rings. The topological polar surface area (TPSA) is 50.1 Å². The number of rotatable bonds is 9. The van der Waals surface area contributed by atoms with E-state index >= 15 is 0 Å². The van der Waals surface area contributed by atoms with E-state index in [0.717, 1.165) is 25.5 Å². The molecule has 0 amide bonds. The van der Waals surface area contributed by atoms with Gasteiger partial charge in [0, 0.05) is 18.3 Å². The predicted molar refractivity (Wildman–Crippen MR) is 74.9 cm³/mol. The van der Waals surface area contributed by atoms with E-state index in [-0.39, 0.29) is 12.1 Å². The Morgan fingerprint density at radius 2 is 2.05 bits per heavy atom. The van der Waals surface area contributed by atoms with Gasteiger partial charge in [0.05, 0.1) is 6.61 Å². The standard InChI is InChI=1S/C14H24F3N3O/c1-3-8-18-13(4-2,11-21)7-5-9-20-10-6-12(19-20)14(15,16)17/h6,10,18,21H,3-5,7-9,11H2,1-2H3. The van der Waals surface area contributed by atoms with Crippen molar-refractivity contribution in [1.82, 2.24) is 15.1 Å². The van der Waals surface area contributed by atoms with Crippen LogP contribution in [0.2, 0.25) is 0 Å². The van der Waals surface area contributed by atoms with Crippen LogP contribution in [0.3, 0.4) is 0 Å². The van der Waals surface area contributed by atoms with Crippen molar-refractivity contribution in [1.29, 1.82) is 0 Å². The first-order valence-corrected chi connectivity index (χ1v) is 7.33. The second-order valence-electron chi connectivity index (χ2n) is 5.28. The van der Waals surface area contributed by atoms with Gasteiger partial charge in [-0.1, -0.05) is 13.8 Å². The molecule has 0 saturated carbocycles. The van der Waals surface area contributed by atoms with Gasteiger partial charge in [-0.25, -0.2) is 0 Å². The van der Waals surface area contributed by atoms with E-state index in [1.165, 1.54) is 10.9 Å². The summed E-state index contributed by atoms with van der Waals surface area (Å²) in [5.74, 6) is 0. The van der Waals surface area contributed by atoms with Crippen LogP contribution >= 0.6 is 0 Å². The largest absolute Gasteiger partial charge is 0.435 e. The average molecular weight is 307 g/mol. The van der Waals surface area contributed by atoms with Crippen molar-refractivity contribution in [2.75, 3.05) is 13.2 Å². The van der Waals surface area contributed by atoms with Crippen molar-refractivity contribution in [3.05, 3.63) is 18.0 Å². The Balaban J connectivity index is 2.52. The molecule has 1 unspecified atom stereocenters. The van der Waals surface area contributed by atoms with Gasteiger partial charge in [-0.2, -0.15) is 18.3 Å². The molecule has 0 bridgehead atoms. The SMILES string of the molecule is CCCNC(CC)(CO)CCCn1ccc(C(F)(F)F)n1. The minimum atomic E-state index is -4.40. The molecule has 1 heterocycles. The molecule has 1 atom stereocenters. The van der Waals surface area contributed by atoms with Gasteiger partial charge in [-0.15, -0.1) is 0 Å². The molecule has 4 nitrogen and oxygen atoms in total. The maximum absolute atomic E-state index is 12.4. The van der Waals surface area contributed by atoms with E-state index in [2.05, 4.69) is 10.4 Å². The maximum Gasteiger partial charge on any atom is 0.435 e. The molecule has 0 spiro atoms. The monoisotopic (exact) mass is 307 g/mol. The van der Waals surface area contributed by atoms with Crippen LogP contribution < -0.4 is 5.32 Å². The lowest BCUT2D eigenvalue weighted by atomic mass is 9.91. The fraction of sp³-hybridized carbons (Fsp3) is 0.786. The summed E-state index contributed by atoms with van der Waals surface area (Å²) < 4.78 is 38.6. The molecular weight excluding hydrogens is 283 g/mol. The molecule has 0 aliphatic heterocycles. The van der Waals surface area contributed by atoms with Crippen LogP contribution in [0.1, 0.15) is 45.2 Å². The Bertz CT molecular complexity index is 414. The van der Waals surface area contributed by atoms with Crippen LogP contribution in [-0.2, 0) is 12.7 Å². The highest BCUT2D eigenvalue weighted by Gasteiger charge is 2.33. The molecule has 122 valence electrons. The second-order valence-corrected chi connectivity index (χ2v) is 5.28. The Labute approximate surface area is 123 Å². The number of aliphatic hydroxyl groups excluding tert-OH is 1. The molecular formula is C14H24F3N3O. The third kappa shape index (κ3) is 5.32. The fourth-order valence-corrected chi connectivity index (χ4v) is 2.24. The van der Waals surface area contributed by atoms with Crippen molar-refractivity contribution >= 4 is 0 Å². The van der Waals surface area contributed by atoms with Crippen molar-refractivity contribution in [3.63, 3.8) is 0 Å². The van der Waals surface area contributed by atoms with E-state index < -0.39 is 11.9 Å². The zero-order valence-corrected chi connectivity index (χ0v) is 12.6. The van der Waals surface area contributed by atoms with Crippen LogP contribution in [0.15, 0.2) is 12.3 Å². The van der Waals surface area contributed by atoms with Gasteiger partial charge < -0.3 is 10.4 Å². The van der Waals surface area contributed by atoms with Crippen molar-refractivity contribution < 1.29 is 18.3 Å². The summed E-state index contributed by atoms with van der Waals surface area (Å²) in [5, 5.41) is 16.4. The number of aryl methyl sites for hydroxylation is 1. The Morgan fingerprint density at radius 3 is 2.52 bits per heavy atom. The van der Waals surface area contributed by atoms with Crippen LogP contribution in [0, 0.1) is 0 Å². The molecule has 0 aliphatic rings. The summed E-state index contributed by atoms with van der Waals surface area (Å²) in [7, 11) is 0. The normalized spacial score (nSPS) is 15.1. The van der Waals surface area contributed by atoms with Gasteiger partial charge in [-0.3, -0.25) is 4.68 Å². The Morgan fingerprint density at radius 1 is 1.33 bits per heavy atom. The molecule has 0 saturated heterocycles.